The van der Waals surface area contributed by atoms with Gasteiger partial charge in [0.05, 0.1) is 32.4 Å². The van der Waals surface area contributed by atoms with E-state index in [1.807, 2.05) is 24.3 Å². The number of rotatable bonds is 5. The molecule has 112 valence electrons. The van der Waals surface area contributed by atoms with Crippen molar-refractivity contribution in [3.8, 4) is 17.2 Å². The Morgan fingerprint density at radius 3 is 2.14 bits per heavy atom. The van der Waals surface area contributed by atoms with Gasteiger partial charge in [0.2, 0.25) is 0 Å². The Morgan fingerprint density at radius 2 is 1.57 bits per heavy atom. The zero-order valence-corrected chi connectivity index (χ0v) is 13.0. The number of ether oxygens (including phenoxy) is 3. The van der Waals surface area contributed by atoms with Crippen LogP contribution in [0.3, 0.4) is 0 Å². The summed E-state index contributed by atoms with van der Waals surface area (Å²) in [5.74, 6) is 2.04. The van der Waals surface area contributed by atoms with Gasteiger partial charge in [-0.1, -0.05) is 17.7 Å². The lowest BCUT2D eigenvalue weighted by Gasteiger charge is -2.18. The molecule has 0 spiro atoms. The molecular weight excluding hydrogens is 290 g/mol. The first-order valence-corrected chi connectivity index (χ1v) is 6.79. The van der Waals surface area contributed by atoms with E-state index in [4.69, 9.17) is 31.5 Å². The molecule has 2 aromatic rings. The Morgan fingerprint density at radius 1 is 0.905 bits per heavy atom. The Kier molecular flexibility index (Phi) is 4.94. The van der Waals surface area contributed by atoms with Crippen LogP contribution in [0.5, 0.6) is 17.2 Å². The van der Waals surface area contributed by atoms with E-state index in [0.717, 1.165) is 16.9 Å². The van der Waals surface area contributed by atoms with Gasteiger partial charge in [-0.2, -0.15) is 0 Å². The van der Waals surface area contributed by atoms with Gasteiger partial charge in [0, 0.05) is 5.56 Å². The summed E-state index contributed by atoms with van der Waals surface area (Å²) in [6.07, 6.45) is 0. The number of hydrogen-bond acceptors (Lipinski definition) is 4. The van der Waals surface area contributed by atoms with Crippen LogP contribution < -0.4 is 19.9 Å². The second kappa shape index (κ2) is 6.70. The molecule has 5 heteroatoms. The molecule has 0 saturated carbocycles. The number of benzene rings is 2. The monoisotopic (exact) mass is 307 g/mol. The summed E-state index contributed by atoms with van der Waals surface area (Å²) in [4.78, 5) is 0. The van der Waals surface area contributed by atoms with Gasteiger partial charge in [-0.25, -0.2) is 0 Å². The molecule has 0 aliphatic rings. The molecule has 0 aliphatic heterocycles. The summed E-state index contributed by atoms with van der Waals surface area (Å²) in [6, 6.07) is 10.6. The van der Waals surface area contributed by atoms with Crippen molar-refractivity contribution in [3.05, 3.63) is 52.5 Å². The lowest BCUT2D eigenvalue weighted by atomic mass is 9.98. The highest BCUT2D eigenvalue weighted by Crippen LogP contribution is 2.34. The van der Waals surface area contributed by atoms with E-state index >= 15 is 0 Å². The molecule has 0 saturated heterocycles. The van der Waals surface area contributed by atoms with Gasteiger partial charge in [-0.15, -0.1) is 0 Å². The number of methoxy groups -OCH3 is 3. The second-order valence-corrected chi connectivity index (χ2v) is 4.89. The molecule has 0 bridgehead atoms. The van der Waals surface area contributed by atoms with Crippen LogP contribution in [-0.2, 0) is 0 Å². The number of nitrogens with two attached hydrogens (primary N) is 1. The molecule has 0 aromatic heterocycles. The lowest BCUT2D eigenvalue weighted by molar-refractivity contribution is 0.397. The quantitative estimate of drug-likeness (QED) is 0.919. The zero-order chi connectivity index (χ0) is 15.4. The van der Waals surface area contributed by atoms with Crippen molar-refractivity contribution >= 4 is 11.6 Å². The van der Waals surface area contributed by atoms with Gasteiger partial charge in [0.1, 0.15) is 17.2 Å². The highest BCUT2D eigenvalue weighted by molar-refractivity contribution is 6.32. The van der Waals surface area contributed by atoms with Crippen LogP contribution >= 0.6 is 11.6 Å². The second-order valence-electron chi connectivity index (χ2n) is 4.48. The largest absolute Gasteiger partial charge is 0.497 e. The normalized spacial score (nSPS) is 11.9. The molecule has 2 aromatic carbocycles. The first-order chi connectivity index (χ1) is 10.1. The zero-order valence-electron chi connectivity index (χ0n) is 12.2. The van der Waals surface area contributed by atoms with Crippen LogP contribution in [0.25, 0.3) is 0 Å². The Bertz CT molecular complexity index is 631. The molecule has 4 nitrogen and oxygen atoms in total. The fourth-order valence-corrected chi connectivity index (χ4v) is 2.40. The van der Waals surface area contributed by atoms with E-state index in [-0.39, 0.29) is 6.04 Å². The SMILES string of the molecule is COc1ccc(OC)c(C(N)c2ccc(OC)c(Cl)c2)c1. The van der Waals surface area contributed by atoms with E-state index in [1.54, 1.807) is 33.5 Å². The van der Waals surface area contributed by atoms with Gasteiger partial charge in [0.25, 0.3) is 0 Å². The van der Waals surface area contributed by atoms with E-state index in [9.17, 15) is 0 Å². The molecule has 2 rings (SSSR count). The minimum Gasteiger partial charge on any atom is -0.497 e. The minimum absolute atomic E-state index is 0.376. The Balaban J connectivity index is 2.43. The summed E-state index contributed by atoms with van der Waals surface area (Å²) < 4.78 is 15.8. The van der Waals surface area contributed by atoms with Crippen LogP contribution in [-0.4, -0.2) is 21.3 Å². The highest BCUT2D eigenvalue weighted by atomic mass is 35.5. The average Bonchev–Trinajstić information content (AvgIpc) is 2.53. The standard InChI is InChI=1S/C16H18ClNO3/c1-19-11-5-7-14(20-2)12(9-11)16(18)10-4-6-15(21-3)13(17)8-10/h4-9,16H,18H2,1-3H3. The molecular formula is C16H18ClNO3. The summed E-state index contributed by atoms with van der Waals surface area (Å²) >= 11 is 6.16. The predicted molar refractivity (Wildman–Crippen MR) is 83.6 cm³/mol. The number of halogens is 1. The molecule has 1 unspecified atom stereocenters. The van der Waals surface area contributed by atoms with Crippen LogP contribution in [0.4, 0.5) is 0 Å². The predicted octanol–water partition coefficient (Wildman–Crippen LogP) is 3.41. The van der Waals surface area contributed by atoms with E-state index in [1.165, 1.54) is 0 Å². The maximum Gasteiger partial charge on any atom is 0.137 e. The first-order valence-electron chi connectivity index (χ1n) is 6.41. The van der Waals surface area contributed by atoms with Gasteiger partial charge >= 0.3 is 0 Å². The maximum absolute atomic E-state index is 6.34. The third kappa shape index (κ3) is 3.23. The van der Waals surface area contributed by atoms with E-state index in [2.05, 4.69) is 0 Å². The van der Waals surface area contributed by atoms with Crippen LogP contribution in [0, 0.1) is 0 Å². The lowest BCUT2D eigenvalue weighted by Crippen LogP contribution is -2.13. The molecule has 1 atom stereocenters. The third-order valence-electron chi connectivity index (χ3n) is 3.31. The van der Waals surface area contributed by atoms with Crippen LogP contribution in [0.1, 0.15) is 17.2 Å². The van der Waals surface area contributed by atoms with E-state index < -0.39 is 0 Å². The Hall–Kier alpha value is -1.91. The Labute approximate surface area is 129 Å². The molecule has 2 N–H and O–H groups in total. The van der Waals surface area contributed by atoms with Crippen molar-refractivity contribution in [1.29, 1.82) is 0 Å². The van der Waals surface area contributed by atoms with Gasteiger partial charge in [-0.05, 0) is 35.9 Å². The van der Waals surface area contributed by atoms with Crippen LogP contribution in [0.2, 0.25) is 5.02 Å². The minimum atomic E-state index is -0.376. The summed E-state index contributed by atoms with van der Waals surface area (Å²) in [5.41, 5.74) is 8.04. The van der Waals surface area contributed by atoms with Gasteiger partial charge in [0.15, 0.2) is 0 Å². The molecule has 0 aliphatic carbocycles. The van der Waals surface area contributed by atoms with Crippen LogP contribution in [0.15, 0.2) is 36.4 Å². The van der Waals surface area contributed by atoms with Crippen molar-refractivity contribution in [2.75, 3.05) is 21.3 Å². The third-order valence-corrected chi connectivity index (χ3v) is 3.60. The van der Waals surface area contributed by atoms with Crippen molar-refractivity contribution in [3.63, 3.8) is 0 Å². The first kappa shape index (κ1) is 15.5. The molecule has 0 fully saturated rings. The molecule has 0 amide bonds. The summed E-state index contributed by atoms with van der Waals surface area (Å²) in [6.45, 7) is 0. The molecule has 0 heterocycles. The summed E-state index contributed by atoms with van der Waals surface area (Å²) in [7, 11) is 4.80. The average molecular weight is 308 g/mol. The smallest absolute Gasteiger partial charge is 0.137 e. The fraction of sp³-hybridized carbons (Fsp3) is 0.250. The topological polar surface area (TPSA) is 53.7 Å². The van der Waals surface area contributed by atoms with Crippen molar-refractivity contribution < 1.29 is 14.2 Å². The fourth-order valence-electron chi connectivity index (χ4n) is 2.14. The summed E-state index contributed by atoms with van der Waals surface area (Å²) in [5, 5.41) is 0.521. The molecule has 0 radical (unpaired) electrons. The van der Waals surface area contributed by atoms with Crippen molar-refractivity contribution in [1.82, 2.24) is 0 Å². The van der Waals surface area contributed by atoms with Gasteiger partial charge < -0.3 is 19.9 Å². The maximum atomic E-state index is 6.34. The highest BCUT2D eigenvalue weighted by Gasteiger charge is 2.16. The molecule has 21 heavy (non-hydrogen) atoms. The van der Waals surface area contributed by atoms with E-state index in [0.29, 0.717) is 16.5 Å². The van der Waals surface area contributed by atoms with Crippen molar-refractivity contribution in [2.45, 2.75) is 6.04 Å². The van der Waals surface area contributed by atoms with Gasteiger partial charge in [-0.3, -0.25) is 0 Å². The number of hydrogen-bond donors (Lipinski definition) is 1. The van der Waals surface area contributed by atoms with Crippen molar-refractivity contribution in [2.24, 2.45) is 5.73 Å².